The van der Waals surface area contributed by atoms with E-state index in [1.807, 2.05) is 12.1 Å². The molecule has 152 valence electrons. The number of carboxylic acid groups (broad SMARTS) is 1. The Morgan fingerprint density at radius 3 is 2.34 bits per heavy atom. The second-order valence-corrected chi connectivity index (χ2v) is 7.12. The lowest BCUT2D eigenvalue weighted by atomic mass is 9.90. The Bertz CT molecular complexity index is 881. The van der Waals surface area contributed by atoms with Gasteiger partial charge in [-0.3, -0.25) is 9.59 Å². The normalized spacial score (nSPS) is 16.3. The molecule has 0 saturated carbocycles. The molecule has 3 rings (SSSR count). The molecule has 0 spiro atoms. The maximum Gasteiger partial charge on any atom is 0.335 e. The molecule has 2 N–H and O–H groups in total. The van der Waals surface area contributed by atoms with E-state index in [4.69, 9.17) is 5.11 Å². The lowest BCUT2D eigenvalue weighted by molar-refractivity contribution is -0.132. The van der Waals surface area contributed by atoms with Gasteiger partial charge in [-0.2, -0.15) is 0 Å². The average molecular weight is 398 g/mol. The van der Waals surface area contributed by atoms with Gasteiger partial charge in [-0.05, 0) is 54.8 Å². The van der Waals surface area contributed by atoms with Gasteiger partial charge in [0.25, 0.3) is 5.91 Å². The monoisotopic (exact) mass is 398 g/mol. The molecule has 0 aliphatic carbocycles. The van der Waals surface area contributed by atoms with Crippen LogP contribution in [0.15, 0.2) is 48.5 Å². The van der Waals surface area contributed by atoms with Gasteiger partial charge in [-0.1, -0.05) is 12.1 Å². The first kappa shape index (κ1) is 20.5. The summed E-state index contributed by atoms with van der Waals surface area (Å²) in [6.45, 7) is 1.47. The van der Waals surface area contributed by atoms with Gasteiger partial charge >= 0.3 is 5.97 Å². The molecule has 0 bridgehead atoms. The Kier molecular flexibility index (Phi) is 6.59. The van der Waals surface area contributed by atoms with Crippen molar-refractivity contribution in [2.75, 3.05) is 19.6 Å². The minimum atomic E-state index is -0.959. The van der Waals surface area contributed by atoms with Gasteiger partial charge in [-0.15, -0.1) is 0 Å². The molecular weight excluding hydrogens is 375 g/mol. The van der Waals surface area contributed by atoms with Crippen LogP contribution in [0.5, 0.6) is 0 Å². The number of benzene rings is 2. The highest BCUT2D eigenvalue weighted by atomic mass is 19.1. The van der Waals surface area contributed by atoms with Crippen molar-refractivity contribution in [2.24, 2.45) is 0 Å². The predicted octanol–water partition coefficient (Wildman–Crippen LogP) is 3.05. The molecule has 1 aliphatic rings. The largest absolute Gasteiger partial charge is 0.478 e. The molecule has 2 aromatic rings. The summed E-state index contributed by atoms with van der Waals surface area (Å²) in [7, 11) is 0. The molecule has 0 radical (unpaired) electrons. The van der Waals surface area contributed by atoms with Crippen molar-refractivity contribution in [2.45, 2.75) is 25.2 Å². The van der Waals surface area contributed by atoms with Gasteiger partial charge in [-0.25, -0.2) is 9.18 Å². The van der Waals surface area contributed by atoms with Crippen LogP contribution >= 0.6 is 0 Å². The average Bonchev–Trinajstić information content (AvgIpc) is 2.74. The van der Waals surface area contributed by atoms with E-state index in [1.165, 1.54) is 24.3 Å². The number of nitrogens with one attached hydrogen (secondary N) is 1. The lowest BCUT2D eigenvalue weighted by Gasteiger charge is -2.33. The number of hydrogen-bond donors (Lipinski definition) is 2. The predicted molar refractivity (Wildman–Crippen MR) is 105 cm³/mol. The topological polar surface area (TPSA) is 86.7 Å². The number of likely N-dealkylation sites (tertiary alicyclic amines) is 1. The Labute approximate surface area is 168 Å². The third-order valence-electron chi connectivity index (χ3n) is 5.13. The van der Waals surface area contributed by atoms with E-state index in [9.17, 15) is 18.8 Å². The molecule has 2 aromatic carbocycles. The van der Waals surface area contributed by atoms with Crippen molar-refractivity contribution >= 4 is 17.8 Å². The number of carboxylic acids is 1. The van der Waals surface area contributed by atoms with E-state index in [0.29, 0.717) is 18.7 Å². The van der Waals surface area contributed by atoms with Crippen LogP contribution in [0.2, 0.25) is 0 Å². The molecule has 1 unspecified atom stereocenters. The van der Waals surface area contributed by atoms with Crippen LogP contribution in [0.25, 0.3) is 0 Å². The van der Waals surface area contributed by atoms with Crippen molar-refractivity contribution in [1.82, 2.24) is 10.2 Å². The maximum absolute atomic E-state index is 12.9. The summed E-state index contributed by atoms with van der Waals surface area (Å²) in [6.07, 6.45) is 2.01. The van der Waals surface area contributed by atoms with Crippen LogP contribution in [0, 0.1) is 5.82 Å². The molecule has 6 nitrogen and oxygen atoms in total. The number of aromatic carboxylic acids is 1. The van der Waals surface area contributed by atoms with Crippen molar-refractivity contribution in [3.8, 4) is 0 Å². The second kappa shape index (κ2) is 9.32. The summed E-state index contributed by atoms with van der Waals surface area (Å²) < 4.78 is 12.9. The van der Waals surface area contributed by atoms with Crippen molar-refractivity contribution < 1.29 is 23.9 Å². The zero-order valence-electron chi connectivity index (χ0n) is 15.9. The number of nitrogens with zero attached hydrogens (tertiary/aromatic N) is 1. The van der Waals surface area contributed by atoms with Crippen molar-refractivity contribution in [3.05, 3.63) is 71.0 Å². The number of rotatable bonds is 6. The van der Waals surface area contributed by atoms with E-state index in [0.717, 1.165) is 18.4 Å². The Hall–Kier alpha value is -3.22. The summed E-state index contributed by atoms with van der Waals surface area (Å²) in [6, 6.07) is 12.0. The fourth-order valence-corrected chi connectivity index (χ4v) is 3.52. The Balaban J connectivity index is 1.49. The standard InChI is InChI=1S/C22H23FN2O4/c23-19-9-7-16(8-10-19)21(27)24-12-11-20(26)25-13-1-2-18(14-25)15-3-5-17(6-4-15)22(28)29/h3-10,18H,1-2,11-14H2,(H,24,27)(H,28,29). The number of carbonyl (C=O) groups is 3. The number of piperidine rings is 1. The van der Waals surface area contributed by atoms with Crippen LogP contribution < -0.4 is 5.32 Å². The molecule has 7 heteroatoms. The SMILES string of the molecule is O=C(O)c1ccc(C2CCCN(C(=O)CCNC(=O)c3ccc(F)cc3)C2)cc1. The third kappa shape index (κ3) is 5.40. The van der Waals surface area contributed by atoms with Gasteiger partial charge in [0.05, 0.1) is 5.56 Å². The number of hydrogen-bond acceptors (Lipinski definition) is 3. The number of amides is 2. The molecule has 1 aliphatic heterocycles. The minimum absolute atomic E-state index is 0.0312. The highest BCUT2D eigenvalue weighted by molar-refractivity contribution is 5.94. The smallest absolute Gasteiger partial charge is 0.335 e. The van der Waals surface area contributed by atoms with Crippen LogP contribution in [0.4, 0.5) is 4.39 Å². The van der Waals surface area contributed by atoms with Crippen LogP contribution in [-0.2, 0) is 4.79 Å². The Morgan fingerprint density at radius 2 is 1.69 bits per heavy atom. The summed E-state index contributed by atoms with van der Waals surface area (Å²) >= 11 is 0. The van der Waals surface area contributed by atoms with E-state index in [1.54, 1.807) is 17.0 Å². The number of halogens is 1. The molecule has 0 aromatic heterocycles. The van der Waals surface area contributed by atoms with E-state index in [-0.39, 0.29) is 36.3 Å². The summed E-state index contributed by atoms with van der Waals surface area (Å²) in [5.74, 6) is -1.57. The fourth-order valence-electron chi connectivity index (χ4n) is 3.52. The maximum atomic E-state index is 12.9. The fraction of sp³-hybridized carbons (Fsp3) is 0.318. The first-order valence-corrected chi connectivity index (χ1v) is 9.59. The van der Waals surface area contributed by atoms with Gasteiger partial charge in [0, 0.05) is 37.5 Å². The zero-order chi connectivity index (χ0) is 20.8. The van der Waals surface area contributed by atoms with E-state index < -0.39 is 11.8 Å². The summed E-state index contributed by atoms with van der Waals surface area (Å²) in [4.78, 5) is 37.3. The highest BCUT2D eigenvalue weighted by Crippen LogP contribution is 2.27. The number of carbonyl (C=O) groups excluding carboxylic acids is 2. The second-order valence-electron chi connectivity index (χ2n) is 7.12. The molecule has 1 fully saturated rings. The molecule has 1 saturated heterocycles. The van der Waals surface area contributed by atoms with Gasteiger partial charge in [0.15, 0.2) is 0 Å². The van der Waals surface area contributed by atoms with Crippen LogP contribution in [0.1, 0.15) is 51.5 Å². The van der Waals surface area contributed by atoms with Crippen LogP contribution in [-0.4, -0.2) is 47.4 Å². The van der Waals surface area contributed by atoms with Crippen molar-refractivity contribution in [3.63, 3.8) is 0 Å². The zero-order valence-corrected chi connectivity index (χ0v) is 15.9. The molecular formula is C22H23FN2O4. The van der Waals surface area contributed by atoms with Gasteiger partial charge in [0.1, 0.15) is 5.82 Å². The van der Waals surface area contributed by atoms with Crippen LogP contribution in [0.3, 0.4) is 0 Å². The summed E-state index contributed by atoms with van der Waals surface area (Å²) in [5.41, 5.74) is 1.62. The third-order valence-corrected chi connectivity index (χ3v) is 5.13. The Morgan fingerprint density at radius 1 is 1.03 bits per heavy atom. The van der Waals surface area contributed by atoms with E-state index in [2.05, 4.69) is 5.32 Å². The first-order valence-electron chi connectivity index (χ1n) is 9.59. The van der Waals surface area contributed by atoms with E-state index >= 15 is 0 Å². The highest BCUT2D eigenvalue weighted by Gasteiger charge is 2.24. The van der Waals surface area contributed by atoms with Crippen molar-refractivity contribution in [1.29, 1.82) is 0 Å². The summed E-state index contributed by atoms with van der Waals surface area (Å²) in [5, 5.41) is 11.7. The van der Waals surface area contributed by atoms with Gasteiger partial charge < -0.3 is 15.3 Å². The molecule has 2 amide bonds. The molecule has 1 atom stereocenters. The lowest BCUT2D eigenvalue weighted by Crippen LogP contribution is -2.40. The molecule has 29 heavy (non-hydrogen) atoms. The first-order chi connectivity index (χ1) is 13.9. The van der Waals surface area contributed by atoms with Gasteiger partial charge in [0.2, 0.25) is 5.91 Å². The molecule has 1 heterocycles. The quantitative estimate of drug-likeness (QED) is 0.783. The minimum Gasteiger partial charge on any atom is -0.478 e.